The summed E-state index contributed by atoms with van der Waals surface area (Å²) in [7, 11) is 0. The number of thioether (sulfide) groups is 1. The van der Waals surface area contributed by atoms with E-state index in [0.717, 1.165) is 46.4 Å². The number of piperidine rings is 1. The summed E-state index contributed by atoms with van der Waals surface area (Å²) in [4.78, 5) is 24.0. The van der Waals surface area contributed by atoms with Gasteiger partial charge in [0.1, 0.15) is 11.6 Å². The number of hydrogen-bond donors (Lipinski definition) is 1. The lowest BCUT2D eigenvalue weighted by molar-refractivity contribution is -0.123. The van der Waals surface area contributed by atoms with Crippen LogP contribution >= 0.6 is 11.8 Å². The Morgan fingerprint density at radius 1 is 1.19 bits per heavy atom. The van der Waals surface area contributed by atoms with Gasteiger partial charge in [-0.2, -0.15) is 5.10 Å². The molecule has 0 radical (unpaired) electrons. The maximum Gasteiger partial charge on any atom is 0.258 e. The number of fused-ring (bicyclic) bond motifs is 1. The van der Waals surface area contributed by atoms with Gasteiger partial charge in [-0.15, -0.1) is 0 Å². The van der Waals surface area contributed by atoms with Gasteiger partial charge in [-0.3, -0.25) is 4.79 Å². The lowest BCUT2D eigenvalue weighted by Crippen LogP contribution is -2.32. The molecule has 3 heterocycles. The SMILES string of the molecule is CSc1nc(N2CCCCC2)c2cnn(CCNC(=O)COc3ccccc3C)c2n1. The quantitative estimate of drug-likeness (QED) is 0.426. The molecule has 4 rings (SSSR count). The number of anilines is 1. The van der Waals surface area contributed by atoms with Crippen molar-refractivity contribution in [3.8, 4) is 5.75 Å². The first kappa shape index (κ1) is 21.4. The summed E-state index contributed by atoms with van der Waals surface area (Å²) in [6.07, 6.45) is 7.46. The molecule has 0 saturated carbocycles. The van der Waals surface area contributed by atoms with Crippen LogP contribution in [0.1, 0.15) is 24.8 Å². The van der Waals surface area contributed by atoms with Crippen LogP contribution in [0.15, 0.2) is 35.6 Å². The van der Waals surface area contributed by atoms with Gasteiger partial charge in [0.2, 0.25) is 0 Å². The van der Waals surface area contributed by atoms with Gasteiger partial charge in [0, 0.05) is 19.6 Å². The van der Waals surface area contributed by atoms with Gasteiger partial charge in [0.15, 0.2) is 17.4 Å². The molecule has 1 saturated heterocycles. The van der Waals surface area contributed by atoms with Gasteiger partial charge in [-0.25, -0.2) is 14.6 Å². The van der Waals surface area contributed by atoms with Crippen molar-refractivity contribution < 1.29 is 9.53 Å². The largest absolute Gasteiger partial charge is 0.484 e. The number of nitrogens with zero attached hydrogens (tertiary/aromatic N) is 5. The number of para-hydroxylation sites is 1. The predicted molar refractivity (Wildman–Crippen MR) is 123 cm³/mol. The number of ether oxygens (including phenoxy) is 1. The number of hydrogen-bond acceptors (Lipinski definition) is 7. The zero-order valence-corrected chi connectivity index (χ0v) is 18.8. The maximum atomic E-state index is 12.2. The fourth-order valence-corrected chi connectivity index (χ4v) is 4.09. The first-order valence-electron chi connectivity index (χ1n) is 10.6. The molecule has 8 nitrogen and oxygen atoms in total. The van der Waals surface area contributed by atoms with E-state index in [1.807, 2.05) is 48.3 Å². The Morgan fingerprint density at radius 3 is 2.77 bits per heavy atom. The minimum Gasteiger partial charge on any atom is -0.484 e. The summed E-state index contributed by atoms with van der Waals surface area (Å²) in [6, 6.07) is 7.66. The summed E-state index contributed by atoms with van der Waals surface area (Å²) in [6.45, 7) is 4.96. The molecular formula is C22H28N6O2S. The number of aryl methyl sites for hydroxylation is 1. The number of carbonyl (C=O) groups is 1. The van der Waals surface area contributed by atoms with Crippen LogP contribution in [-0.4, -0.2) is 58.2 Å². The van der Waals surface area contributed by atoms with Crippen LogP contribution in [0, 0.1) is 6.92 Å². The van der Waals surface area contributed by atoms with Crippen molar-refractivity contribution in [2.24, 2.45) is 0 Å². The smallest absolute Gasteiger partial charge is 0.258 e. The Balaban J connectivity index is 1.39. The molecule has 0 atom stereocenters. The van der Waals surface area contributed by atoms with E-state index in [2.05, 4.69) is 20.3 Å². The summed E-state index contributed by atoms with van der Waals surface area (Å²) in [5, 5.41) is 9.13. The molecule has 9 heteroatoms. The highest BCUT2D eigenvalue weighted by atomic mass is 32.2. The van der Waals surface area contributed by atoms with Gasteiger partial charge in [-0.1, -0.05) is 30.0 Å². The van der Waals surface area contributed by atoms with E-state index >= 15 is 0 Å². The normalized spacial score (nSPS) is 14.1. The Kier molecular flexibility index (Phi) is 6.91. The second-order valence-corrected chi connectivity index (χ2v) is 8.36. The highest BCUT2D eigenvalue weighted by molar-refractivity contribution is 7.98. The van der Waals surface area contributed by atoms with Crippen molar-refractivity contribution in [3.05, 3.63) is 36.0 Å². The van der Waals surface area contributed by atoms with Gasteiger partial charge in [-0.05, 0) is 44.1 Å². The van der Waals surface area contributed by atoms with Crippen LogP contribution in [-0.2, 0) is 11.3 Å². The summed E-state index contributed by atoms with van der Waals surface area (Å²) in [5.41, 5.74) is 1.82. The number of aromatic nitrogens is 4. The molecule has 3 aromatic rings. The van der Waals surface area contributed by atoms with Crippen LogP contribution in [0.5, 0.6) is 5.75 Å². The summed E-state index contributed by atoms with van der Waals surface area (Å²) >= 11 is 1.53. The number of nitrogens with one attached hydrogen (secondary N) is 1. The number of benzene rings is 1. The molecule has 1 aromatic carbocycles. The van der Waals surface area contributed by atoms with E-state index in [9.17, 15) is 4.79 Å². The fraction of sp³-hybridized carbons (Fsp3) is 0.455. The highest BCUT2D eigenvalue weighted by Crippen LogP contribution is 2.28. The molecule has 31 heavy (non-hydrogen) atoms. The van der Waals surface area contributed by atoms with E-state index < -0.39 is 0 Å². The fourth-order valence-electron chi connectivity index (χ4n) is 3.74. The predicted octanol–water partition coefficient (Wildman–Crippen LogP) is 3.04. The first-order valence-corrected chi connectivity index (χ1v) is 11.9. The lowest BCUT2D eigenvalue weighted by atomic mass is 10.1. The van der Waals surface area contributed by atoms with Crippen molar-refractivity contribution in [3.63, 3.8) is 0 Å². The third-order valence-electron chi connectivity index (χ3n) is 5.39. The minimum absolute atomic E-state index is 0.0113. The minimum atomic E-state index is -0.159. The molecule has 1 amide bonds. The molecule has 0 spiro atoms. The Labute approximate surface area is 186 Å². The molecule has 164 valence electrons. The molecule has 1 fully saturated rings. The first-order chi connectivity index (χ1) is 15.2. The topological polar surface area (TPSA) is 85.2 Å². The van der Waals surface area contributed by atoms with E-state index in [0.29, 0.717) is 13.1 Å². The van der Waals surface area contributed by atoms with E-state index in [1.165, 1.54) is 31.0 Å². The summed E-state index contributed by atoms with van der Waals surface area (Å²) < 4.78 is 7.45. The maximum absolute atomic E-state index is 12.2. The average molecular weight is 441 g/mol. The Morgan fingerprint density at radius 2 is 2.00 bits per heavy atom. The number of rotatable bonds is 8. The van der Waals surface area contributed by atoms with Gasteiger partial charge in [0.25, 0.3) is 5.91 Å². The third kappa shape index (κ3) is 5.10. The van der Waals surface area contributed by atoms with Crippen LogP contribution in [0.3, 0.4) is 0 Å². The summed E-state index contributed by atoms with van der Waals surface area (Å²) in [5.74, 6) is 1.53. The zero-order valence-electron chi connectivity index (χ0n) is 18.0. The van der Waals surface area contributed by atoms with Crippen molar-refractivity contribution in [1.29, 1.82) is 0 Å². The van der Waals surface area contributed by atoms with Crippen molar-refractivity contribution >= 4 is 34.5 Å². The van der Waals surface area contributed by atoms with Crippen LogP contribution in [0.25, 0.3) is 11.0 Å². The van der Waals surface area contributed by atoms with Gasteiger partial charge < -0.3 is 15.0 Å². The van der Waals surface area contributed by atoms with E-state index in [4.69, 9.17) is 9.72 Å². The van der Waals surface area contributed by atoms with Crippen molar-refractivity contribution in [1.82, 2.24) is 25.1 Å². The number of carbonyl (C=O) groups excluding carboxylic acids is 1. The van der Waals surface area contributed by atoms with E-state index in [1.54, 1.807) is 0 Å². The third-order valence-corrected chi connectivity index (χ3v) is 5.94. The molecule has 0 aliphatic carbocycles. The molecule has 0 bridgehead atoms. The lowest BCUT2D eigenvalue weighted by Gasteiger charge is -2.28. The van der Waals surface area contributed by atoms with Gasteiger partial charge >= 0.3 is 0 Å². The standard InChI is InChI=1S/C22H28N6O2S/c1-16-8-4-5-9-18(16)30-15-19(29)23-10-13-28-21-17(14-24-28)20(25-22(26-21)31-2)27-11-6-3-7-12-27/h4-5,8-9,14H,3,6-7,10-13,15H2,1-2H3,(H,23,29). The molecule has 1 aliphatic rings. The second kappa shape index (κ2) is 10.00. The van der Waals surface area contributed by atoms with Crippen molar-refractivity contribution in [2.45, 2.75) is 37.9 Å². The van der Waals surface area contributed by atoms with Crippen LogP contribution in [0.2, 0.25) is 0 Å². The molecule has 2 aromatic heterocycles. The second-order valence-electron chi connectivity index (χ2n) is 7.59. The van der Waals surface area contributed by atoms with Crippen LogP contribution < -0.4 is 15.0 Å². The highest BCUT2D eigenvalue weighted by Gasteiger charge is 2.19. The average Bonchev–Trinajstić information content (AvgIpc) is 3.21. The Bertz CT molecular complexity index is 1050. The van der Waals surface area contributed by atoms with Gasteiger partial charge in [0.05, 0.1) is 18.1 Å². The molecule has 1 aliphatic heterocycles. The molecular weight excluding hydrogens is 412 g/mol. The zero-order chi connectivity index (χ0) is 21.6. The van der Waals surface area contributed by atoms with Crippen molar-refractivity contribution in [2.75, 3.05) is 37.4 Å². The molecule has 1 N–H and O–H groups in total. The number of amides is 1. The molecule has 0 unspecified atom stereocenters. The van der Waals surface area contributed by atoms with Crippen LogP contribution in [0.4, 0.5) is 5.82 Å². The van der Waals surface area contributed by atoms with E-state index in [-0.39, 0.29) is 12.5 Å². The monoisotopic (exact) mass is 440 g/mol. The Hall–Kier alpha value is -2.81.